The first-order valence-electron chi connectivity index (χ1n) is 6.54. The van der Waals surface area contributed by atoms with Gasteiger partial charge in [-0.05, 0) is 29.3 Å². The lowest BCUT2D eigenvalue weighted by molar-refractivity contribution is -0.119. The van der Waals surface area contributed by atoms with Gasteiger partial charge in [-0.25, -0.2) is 8.42 Å². The van der Waals surface area contributed by atoms with Crippen LogP contribution in [0.4, 0.5) is 5.69 Å². The molecule has 104 valence electrons. The summed E-state index contributed by atoms with van der Waals surface area (Å²) < 4.78 is 22.8. The highest BCUT2D eigenvalue weighted by atomic mass is 32.2. The van der Waals surface area contributed by atoms with E-state index in [-0.39, 0.29) is 17.4 Å². The molecule has 0 bridgehead atoms. The molecule has 0 unspecified atom stereocenters. The first-order valence-corrected chi connectivity index (χ1v) is 8.36. The molecule has 1 atom stereocenters. The number of anilines is 1. The number of amides is 1. The monoisotopic (exact) mass is 289 g/mol. The molecule has 4 nitrogen and oxygen atoms in total. The molecule has 3 rings (SSSR count). The number of rotatable bonds is 2. The van der Waals surface area contributed by atoms with E-state index in [2.05, 4.69) is 5.32 Å². The SMILES string of the molecule is O=C(Nc1ccc2ccccc2c1)[C@@H]1CCS(=O)(=O)C1. The molecule has 5 heteroatoms. The maximum Gasteiger partial charge on any atom is 0.228 e. The average molecular weight is 289 g/mol. The Balaban J connectivity index is 1.78. The van der Waals surface area contributed by atoms with Crippen molar-refractivity contribution in [1.29, 1.82) is 0 Å². The molecule has 0 aliphatic carbocycles. The summed E-state index contributed by atoms with van der Waals surface area (Å²) in [6.45, 7) is 0. The topological polar surface area (TPSA) is 63.2 Å². The minimum Gasteiger partial charge on any atom is -0.326 e. The Kier molecular flexibility index (Phi) is 3.22. The number of nitrogens with one attached hydrogen (secondary N) is 1. The summed E-state index contributed by atoms with van der Waals surface area (Å²) in [6.07, 6.45) is 0.418. The molecule has 1 saturated heterocycles. The van der Waals surface area contributed by atoms with Crippen molar-refractivity contribution >= 4 is 32.2 Å². The van der Waals surface area contributed by atoms with Gasteiger partial charge in [0.1, 0.15) is 0 Å². The van der Waals surface area contributed by atoms with Crippen LogP contribution in [-0.4, -0.2) is 25.8 Å². The van der Waals surface area contributed by atoms with E-state index in [9.17, 15) is 13.2 Å². The van der Waals surface area contributed by atoms with Gasteiger partial charge in [0.05, 0.1) is 17.4 Å². The molecule has 1 heterocycles. The molecule has 2 aromatic rings. The van der Waals surface area contributed by atoms with E-state index in [0.29, 0.717) is 12.1 Å². The summed E-state index contributed by atoms with van der Waals surface area (Å²) in [5, 5.41) is 4.96. The Hall–Kier alpha value is -1.88. The third kappa shape index (κ3) is 2.67. The van der Waals surface area contributed by atoms with Crippen LogP contribution in [0, 0.1) is 5.92 Å². The molecule has 1 N–H and O–H groups in total. The van der Waals surface area contributed by atoms with Crippen LogP contribution >= 0.6 is 0 Å². The number of benzene rings is 2. The Bertz CT molecular complexity index is 768. The fourth-order valence-electron chi connectivity index (χ4n) is 2.51. The molecule has 1 fully saturated rings. The summed E-state index contributed by atoms with van der Waals surface area (Å²) in [4.78, 5) is 12.1. The first kappa shape index (κ1) is 13.1. The van der Waals surface area contributed by atoms with Crippen molar-refractivity contribution in [2.24, 2.45) is 5.92 Å². The highest BCUT2D eigenvalue weighted by Gasteiger charge is 2.32. The molecular formula is C15H15NO3S. The second-order valence-corrected chi connectivity index (χ2v) is 7.38. The highest BCUT2D eigenvalue weighted by molar-refractivity contribution is 7.91. The smallest absolute Gasteiger partial charge is 0.228 e. The van der Waals surface area contributed by atoms with E-state index >= 15 is 0 Å². The molecule has 0 saturated carbocycles. The van der Waals surface area contributed by atoms with E-state index in [1.807, 2.05) is 42.5 Å². The lowest BCUT2D eigenvalue weighted by Crippen LogP contribution is -2.23. The van der Waals surface area contributed by atoms with Gasteiger partial charge < -0.3 is 5.32 Å². The van der Waals surface area contributed by atoms with Gasteiger partial charge in [0, 0.05) is 5.69 Å². The average Bonchev–Trinajstić information content (AvgIpc) is 2.79. The number of hydrogen-bond donors (Lipinski definition) is 1. The van der Waals surface area contributed by atoms with Gasteiger partial charge in [0.25, 0.3) is 0 Å². The van der Waals surface area contributed by atoms with Gasteiger partial charge in [-0.3, -0.25) is 4.79 Å². The van der Waals surface area contributed by atoms with Crippen LogP contribution in [0.25, 0.3) is 10.8 Å². The van der Waals surface area contributed by atoms with Crippen molar-refractivity contribution in [3.8, 4) is 0 Å². The Labute approximate surface area is 117 Å². The second kappa shape index (κ2) is 4.90. The van der Waals surface area contributed by atoms with Gasteiger partial charge in [0.2, 0.25) is 5.91 Å². The van der Waals surface area contributed by atoms with E-state index in [1.54, 1.807) is 0 Å². The Morgan fingerprint density at radius 2 is 1.85 bits per heavy atom. The molecule has 1 aliphatic rings. The van der Waals surface area contributed by atoms with E-state index in [0.717, 1.165) is 10.8 Å². The van der Waals surface area contributed by atoms with Crippen molar-refractivity contribution < 1.29 is 13.2 Å². The number of carbonyl (C=O) groups excluding carboxylic acids is 1. The van der Waals surface area contributed by atoms with Crippen LogP contribution in [0.2, 0.25) is 0 Å². The highest BCUT2D eigenvalue weighted by Crippen LogP contribution is 2.22. The van der Waals surface area contributed by atoms with E-state index in [4.69, 9.17) is 0 Å². The van der Waals surface area contributed by atoms with Crippen molar-refractivity contribution in [1.82, 2.24) is 0 Å². The maximum atomic E-state index is 12.1. The van der Waals surface area contributed by atoms with Crippen LogP contribution in [0.1, 0.15) is 6.42 Å². The zero-order chi connectivity index (χ0) is 14.2. The number of carbonyl (C=O) groups is 1. The third-order valence-corrected chi connectivity index (χ3v) is 5.39. The van der Waals surface area contributed by atoms with Gasteiger partial charge in [-0.1, -0.05) is 30.3 Å². The summed E-state index contributed by atoms with van der Waals surface area (Å²) >= 11 is 0. The zero-order valence-electron chi connectivity index (χ0n) is 10.9. The van der Waals surface area contributed by atoms with Gasteiger partial charge in [-0.2, -0.15) is 0 Å². The summed E-state index contributed by atoms with van der Waals surface area (Å²) in [5.74, 6) is -0.553. The maximum absolute atomic E-state index is 12.1. The fraction of sp³-hybridized carbons (Fsp3) is 0.267. The lowest BCUT2D eigenvalue weighted by Gasteiger charge is -2.10. The molecular weight excluding hydrogens is 274 g/mol. The molecule has 0 spiro atoms. The molecule has 2 aromatic carbocycles. The van der Waals surface area contributed by atoms with Crippen LogP contribution in [0.15, 0.2) is 42.5 Å². The van der Waals surface area contributed by atoms with Crippen molar-refractivity contribution in [3.05, 3.63) is 42.5 Å². The van der Waals surface area contributed by atoms with Crippen molar-refractivity contribution in [3.63, 3.8) is 0 Å². The molecule has 1 aliphatic heterocycles. The van der Waals surface area contributed by atoms with Gasteiger partial charge in [0.15, 0.2) is 9.84 Å². The van der Waals surface area contributed by atoms with E-state index < -0.39 is 15.8 Å². The number of fused-ring (bicyclic) bond motifs is 1. The molecule has 0 radical (unpaired) electrons. The second-order valence-electron chi connectivity index (χ2n) is 5.15. The predicted octanol–water partition coefficient (Wildman–Crippen LogP) is 2.21. The van der Waals surface area contributed by atoms with Gasteiger partial charge >= 0.3 is 0 Å². The Morgan fingerprint density at radius 1 is 1.10 bits per heavy atom. The largest absolute Gasteiger partial charge is 0.326 e. The fourth-order valence-corrected chi connectivity index (χ4v) is 4.25. The number of hydrogen-bond acceptors (Lipinski definition) is 3. The predicted molar refractivity (Wildman–Crippen MR) is 79.3 cm³/mol. The summed E-state index contributed by atoms with van der Waals surface area (Å²) in [6, 6.07) is 13.6. The minimum absolute atomic E-state index is 0.0353. The zero-order valence-corrected chi connectivity index (χ0v) is 11.7. The van der Waals surface area contributed by atoms with Crippen LogP contribution < -0.4 is 5.32 Å². The van der Waals surface area contributed by atoms with Crippen LogP contribution in [-0.2, 0) is 14.6 Å². The van der Waals surface area contributed by atoms with Crippen molar-refractivity contribution in [2.45, 2.75) is 6.42 Å². The summed E-state index contributed by atoms with van der Waals surface area (Å²) in [7, 11) is -3.03. The third-order valence-electron chi connectivity index (χ3n) is 3.62. The van der Waals surface area contributed by atoms with E-state index in [1.165, 1.54) is 0 Å². The quantitative estimate of drug-likeness (QED) is 0.922. The lowest BCUT2D eigenvalue weighted by atomic mass is 10.1. The molecule has 1 amide bonds. The van der Waals surface area contributed by atoms with Crippen molar-refractivity contribution in [2.75, 3.05) is 16.8 Å². The number of sulfone groups is 1. The Morgan fingerprint density at radius 3 is 2.55 bits per heavy atom. The normalized spacial score (nSPS) is 20.9. The first-order chi connectivity index (χ1) is 9.53. The summed E-state index contributed by atoms with van der Waals surface area (Å²) in [5.41, 5.74) is 0.706. The molecule has 0 aromatic heterocycles. The standard InChI is InChI=1S/C15H15NO3S/c17-15(13-7-8-20(18,19)10-13)16-14-6-5-11-3-1-2-4-12(11)9-14/h1-6,9,13H,7-8,10H2,(H,16,17)/t13-/m1/s1. The van der Waals surface area contributed by atoms with Crippen LogP contribution in [0.5, 0.6) is 0 Å². The van der Waals surface area contributed by atoms with Crippen LogP contribution in [0.3, 0.4) is 0 Å². The molecule has 20 heavy (non-hydrogen) atoms. The van der Waals surface area contributed by atoms with Gasteiger partial charge in [-0.15, -0.1) is 0 Å². The minimum atomic E-state index is -3.03.